The lowest BCUT2D eigenvalue weighted by Gasteiger charge is -2.14. The van der Waals surface area contributed by atoms with Crippen LogP contribution in [0.1, 0.15) is 15.9 Å². The zero-order valence-corrected chi connectivity index (χ0v) is 18.8. The van der Waals surface area contributed by atoms with E-state index in [0.717, 1.165) is 12.0 Å². The molecular formula is C19H30IN5O2. The van der Waals surface area contributed by atoms with Crippen LogP contribution in [0.4, 0.5) is 0 Å². The highest BCUT2D eigenvalue weighted by Gasteiger charge is 2.08. The number of benzene rings is 1. The van der Waals surface area contributed by atoms with Gasteiger partial charge >= 0.3 is 0 Å². The maximum atomic E-state index is 12.0. The minimum Gasteiger partial charge on any atom is -0.356 e. The SMILES string of the molecule is C=CCNC(=NCC(=O)N(C)C)NCCc1cccc(C(=O)N(C)C)c1.I. The Morgan fingerprint density at radius 1 is 1.15 bits per heavy atom. The number of nitrogens with one attached hydrogen (secondary N) is 2. The molecule has 0 atom stereocenters. The molecular weight excluding hydrogens is 457 g/mol. The van der Waals surface area contributed by atoms with Crippen molar-refractivity contribution in [3.63, 3.8) is 0 Å². The molecule has 0 saturated heterocycles. The Labute approximate surface area is 178 Å². The fourth-order valence-electron chi connectivity index (χ4n) is 2.07. The molecule has 1 rings (SSSR count). The number of rotatable bonds is 8. The second kappa shape index (κ2) is 13.1. The van der Waals surface area contributed by atoms with E-state index in [0.29, 0.717) is 24.6 Å². The van der Waals surface area contributed by atoms with Gasteiger partial charge in [-0.05, 0) is 24.1 Å². The summed E-state index contributed by atoms with van der Waals surface area (Å²) in [4.78, 5) is 31.1. The normalized spacial score (nSPS) is 10.4. The second-order valence-electron chi connectivity index (χ2n) is 6.20. The molecule has 0 unspecified atom stereocenters. The third kappa shape index (κ3) is 9.41. The predicted octanol–water partition coefficient (Wildman–Crippen LogP) is 1.36. The molecule has 0 saturated carbocycles. The summed E-state index contributed by atoms with van der Waals surface area (Å²) in [5.74, 6) is 0.470. The second-order valence-corrected chi connectivity index (χ2v) is 6.20. The average molecular weight is 487 g/mol. The molecule has 0 fully saturated rings. The molecule has 150 valence electrons. The standard InChI is InChI=1S/C19H29N5O2.HI/c1-6-11-20-19(22-14-17(25)23(2)3)21-12-10-15-8-7-9-16(13-15)18(26)24(4)5;/h6-9,13H,1,10-12,14H2,2-5H3,(H2,20,21,22);1H. The van der Waals surface area contributed by atoms with Crippen molar-refractivity contribution in [3.05, 3.63) is 48.0 Å². The molecule has 0 aromatic heterocycles. The van der Waals surface area contributed by atoms with Gasteiger partial charge in [-0.2, -0.15) is 0 Å². The Morgan fingerprint density at radius 2 is 1.85 bits per heavy atom. The summed E-state index contributed by atoms with van der Waals surface area (Å²) < 4.78 is 0. The van der Waals surface area contributed by atoms with E-state index in [4.69, 9.17) is 0 Å². The Balaban J connectivity index is 0.00000676. The van der Waals surface area contributed by atoms with Gasteiger partial charge in [0.25, 0.3) is 5.91 Å². The van der Waals surface area contributed by atoms with Gasteiger partial charge < -0.3 is 20.4 Å². The first-order valence-electron chi connectivity index (χ1n) is 8.49. The fourth-order valence-corrected chi connectivity index (χ4v) is 2.07. The molecule has 2 amide bonds. The molecule has 0 heterocycles. The number of halogens is 1. The smallest absolute Gasteiger partial charge is 0.253 e. The van der Waals surface area contributed by atoms with E-state index >= 15 is 0 Å². The molecule has 1 aromatic carbocycles. The Hall–Kier alpha value is -2.10. The van der Waals surface area contributed by atoms with Crippen molar-refractivity contribution in [1.29, 1.82) is 0 Å². The van der Waals surface area contributed by atoms with E-state index in [1.807, 2.05) is 24.3 Å². The third-order valence-corrected chi connectivity index (χ3v) is 3.57. The van der Waals surface area contributed by atoms with Crippen molar-refractivity contribution in [2.75, 3.05) is 47.8 Å². The van der Waals surface area contributed by atoms with Crippen molar-refractivity contribution < 1.29 is 9.59 Å². The zero-order chi connectivity index (χ0) is 19.5. The first-order chi connectivity index (χ1) is 12.3. The minimum atomic E-state index is -0.0698. The van der Waals surface area contributed by atoms with Gasteiger partial charge in [0, 0.05) is 46.8 Å². The summed E-state index contributed by atoms with van der Waals surface area (Å²) in [5.41, 5.74) is 1.72. The first kappa shape index (κ1) is 24.9. The predicted molar refractivity (Wildman–Crippen MR) is 121 cm³/mol. The Morgan fingerprint density at radius 3 is 2.44 bits per heavy atom. The number of hydrogen-bond acceptors (Lipinski definition) is 3. The van der Waals surface area contributed by atoms with Crippen molar-refractivity contribution >= 4 is 41.8 Å². The number of carbonyl (C=O) groups excluding carboxylic acids is 2. The van der Waals surface area contributed by atoms with E-state index < -0.39 is 0 Å². The maximum absolute atomic E-state index is 12.0. The highest BCUT2D eigenvalue weighted by molar-refractivity contribution is 14.0. The monoisotopic (exact) mass is 487 g/mol. The molecule has 0 aliphatic rings. The number of carbonyl (C=O) groups is 2. The average Bonchev–Trinajstić information content (AvgIpc) is 2.62. The van der Waals surface area contributed by atoms with Gasteiger partial charge in [0.15, 0.2) is 5.96 Å². The van der Waals surface area contributed by atoms with Crippen LogP contribution in [0.2, 0.25) is 0 Å². The molecule has 0 radical (unpaired) electrons. The van der Waals surface area contributed by atoms with Crippen LogP contribution in [-0.4, -0.2) is 75.4 Å². The van der Waals surface area contributed by atoms with Gasteiger partial charge in [0.1, 0.15) is 6.54 Å². The van der Waals surface area contributed by atoms with E-state index in [9.17, 15) is 9.59 Å². The van der Waals surface area contributed by atoms with E-state index in [1.165, 1.54) is 4.90 Å². The number of hydrogen-bond donors (Lipinski definition) is 2. The number of amides is 2. The summed E-state index contributed by atoms with van der Waals surface area (Å²) in [6.45, 7) is 4.92. The van der Waals surface area contributed by atoms with Gasteiger partial charge in [-0.25, -0.2) is 4.99 Å². The molecule has 2 N–H and O–H groups in total. The fraction of sp³-hybridized carbons (Fsp3) is 0.421. The van der Waals surface area contributed by atoms with Gasteiger partial charge in [0.05, 0.1) is 0 Å². The van der Waals surface area contributed by atoms with Crippen LogP contribution in [0.3, 0.4) is 0 Å². The maximum Gasteiger partial charge on any atom is 0.253 e. The summed E-state index contributed by atoms with van der Waals surface area (Å²) in [5, 5.41) is 6.28. The number of nitrogens with zero attached hydrogens (tertiary/aromatic N) is 3. The quantitative estimate of drug-likeness (QED) is 0.251. The van der Waals surface area contributed by atoms with Crippen LogP contribution < -0.4 is 10.6 Å². The topological polar surface area (TPSA) is 77.0 Å². The molecule has 8 heteroatoms. The van der Waals surface area contributed by atoms with Crippen LogP contribution in [0.25, 0.3) is 0 Å². The summed E-state index contributed by atoms with van der Waals surface area (Å²) in [6, 6.07) is 7.57. The van der Waals surface area contributed by atoms with Crippen LogP contribution in [0.5, 0.6) is 0 Å². The zero-order valence-electron chi connectivity index (χ0n) is 16.5. The van der Waals surface area contributed by atoms with Crippen molar-refractivity contribution in [3.8, 4) is 0 Å². The van der Waals surface area contributed by atoms with Crippen molar-refractivity contribution in [2.24, 2.45) is 4.99 Å². The van der Waals surface area contributed by atoms with Crippen molar-refractivity contribution in [2.45, 2.75) is 6.42 Å². The molecule has 0 bridgehead atoms. The van der Waals surface area contributed by atoms with Crippen LogP contribution in [-0.2, 0) is 11.2 Å². The van der Waals surface area contributed by atoms with E-state index in [2.05, 4.69) is 22.2 Å². The first-order valence-corrected chi connectivity index (χ1v) is 8.49. The molecule has 1 aromatic rings. The Kier molecular flexibility index (Phi) is 12.1. The van der Waals surface area contributed by atoms with Crippen molar-refractivity contribution in [1.82, 2.24) is 20.4 Å². The number of likely N-dealkylation sites (N-methyl/N-ethyl adjacent to an activating group) is 1. The van der Waals surface area contributed by atoms with Crippen LogP contribution in [0.15, 0.2) is 41.9 Å². The lowest BCUT2D eigenvalue weighted by atomic mass is 10.1. The van der Waals surface area contributed by atoms with Gasteiger partial charge in [-0.15, -0.1) is 30.6 Å². The van der Waals surface area contributed by atoms with Gasteiger partial charge in [-0.3, -0.25) is 9.59 Å². The Bertz CT molecular complexity index is 659. The van der Waals surface area contributed by atoms with Gasteiger partial charge in [0.2, 0.25) is 5.91 Å². The van der Waals surface area contributed by atoms with E-state index in [-0.39, 0.29) is 42.3 Å². The minimum absolute atomic E-state index is 0. The molecule has 27 heavy (non-hydrogen) atoms. The van der Waals surface area contributed by atoms with Gasteiger partial charge in [-0.1, -0.05) is 18.2 Å². The lowest BCUT2D eigenvalue weighted by Crippen LogP contribution is -2.39. The van der Waals surface area contributed by atoms with Crippen LogP contribution >= 0.6 is 24.0 Å². The summed E-state index contributed by atoms with van der Waals surface area (Å²) in [6.07, 6.45) is 2.45. The van der Waals surface area contributed by atoms with Crippen LogP contribution in [0, 0.1) is 0 Å². The number of guanidine groups is 1. The highest BCUT2D eigenvalue weighted by Crippen LogP contribution is 2.07. The van der Waals surface area contributed by atoms with E-state index in [1.54, 1.807) is 39.2 Å². The largest absolute Gasteiger partial charge is 0.356 e. The summed E-state index contributed by atoms with van der Waals surface area (Å²) in [7, 11) is 6.87. The number of aliphatic imine (C=N–C) groups is 1. The third-order valence-electron chi connectivity index (χ3n) is 3.57. The molecule has 7 nitrogen and oxygen atoms in total. The summed E-state index contributed by atoms with van der Waals surface area (Å²) >= 11 is 0. The highest BCUT2D eigenvalue weighted by atomic mass is 127. The molecule has 0 aliphatic carbocycles. The molecule has 0 spiro atoms. The molecule has 0 aliphatic heterocycles. The lowest BCUT2D eigenvalue weighted by molar-refractivity contribution is -0.127.